The molecule has 5 heterocycles. The average Bonchev–Trinajstić information content (AvgIpc) is 3.68. The fraction of sp³-hybridized carbons (Fsp3) is 0.167. The molecule has 0 saturated carbocycles. The van der Waals surface area contributed by atoms with Crippen molar-refractivity contribution in [2.45, 2.75) is 19.4 Å². The molecule has 6 nitrogen and oxygen atoms in total. The van der Waals surface area contributed by atoms with E-state index in [9.17, 15) is 4.39 Å². The maximum atomic E-state index is 13.5. The van der Waals surface area contributed by atoms with Crippen LogP contribution in [0.15, 0.2) is 79.1 Å². The summed E-state index contributed by atoms with van der Waals surface area (Å²) in [6, 6.07) is 21.0. The van der Waals surface area contributed by atoms with E-state index in [1.54, 1.807) is 12.1 Å². The molecule has 1 aliphatic rings. The highest BCUT2D eigenvalue weighted by Crippen LogP contribution is 2.34. The van der Waals surface area contributed by atoms with Crippen LogP contribution in [0.25, 0.3) is 55.7 Å². The third-order valence-corrected chi connectivity index (χ3v) is 7.18. The third-order valence-electron chi connectivity index (χ3n) is 7.18. The molecule has 1 fully saturated rings. The number of aromatic nitrogens is 5. The summed E-state index contributed by atoms with van der Waals surface area (Å²) >= 11 is 0. The van der Waals surface area contributed by atoms with E-state index in [2.05, 4.69) is 37.2 Å². The Morgan fingerprint density at radius 3 is 2.59 bits per heavy atom. The lowest BCUT2D eigenvalue weighted by Gasteiger charge is -2.14. The van der Waals surface area contributed by atoms with E-state index in [0.717, 1.165) is 75.3 Å². The van der Waals surface area contributed by atoms with Gasteiger partial charge in [0.05, 0.1) is 16.9 Å². The van der Waals surface area contributed by atoms with Crippen LogP contribution in [-0.2, 0) is 6.54 Å². The number of pyridine rings is 2. The van der Waals surface area contributed by atoms with Gasteiger partial charge in [0.1, 0.15) is 17.0 Å². The van der Waals surface area contributed by atoms with Crippen molar-refractivity contribution >= 4 is 21.9 Å². The van der Waals surface area contributed by atoms with Crippen LogP contribution >= 0.6 is 0 Å². The molecule has 4 aromatic heterocycles. The standard InChI is InChI=1S/C30H25FN6/c31-22-8-6-20(7-9-22)23-4-3-5-26-24(23)15-28(33-26)30-29-27(35-36-30)11-10-25(34-29)21-14-19(16-32-17-21)18-37-12-1-2-13-37/h3-11,14-17,33H,1-2,12-13,18H2,(H,35,36). The van der Waals surface area contributed by atoms with Gasteiger partial charge in [-0.15, -0.1) is 0 Å². The monoisotopic (exact) mass is 488 g/mol. The summed E-state index contributed by atoms with van der Waals surface area (Å²) in [4.78, 5) is 15.5. The van der Waals surface area contributed by atoms with Crippen LogP contribution in [0.2, 0.25) is 0 Å². The first-order chi connectivity index (χ1) is 18.2. The average molecular weight is 489 g/mol. The Labute approximate surface area is 213 Å². The van der Waals surface area contributed by atoms with Crippen molar-refractivity contribution in [1.82, 2.24) is 30.0 Å². The van der Waals surface area contributed by atoms with E-state index in [4.69, 9.17) is 4.98 Å². The highest BCUT2D eigenvalue weighted by Gasteiger charge is 2.16. The molecule has 0 atom stereocenters. The van der Waals surface area contributed by atoms with Crippen molar-refractivity contribution in [3.8, 4) is 33.8 Å². The van der Waals surface area contributed by atoms with Crippen molar-refractivity contribution in [3.05, 3.63) is 90.5 Å². The summed E-state index contributed by atoms with van der Waals surface area (Å²) in [6.45, 7) is 3.23. The minimum atomic E-state index is -0.243. The van der Waals surface area contributed by atoms with Crippen LogP contribution in [-0.4, -0.2) is 43.1 Å². The van der Waals surface area contributed by atoms with Crippen molar-refractivity contribution in [1.29, 1.82) is 0 Å². The van der Waals surface area contributed by atoms with Gasteiger partial charge in [-0.1, -0.05) is 24.3 Å². The van der Waals surface area contributed by atoms with Gasteiger partial charge in [-0.2, -0.15) is 5.10 Å². The van der Waals surface area contributed by atoms with Crippen LogP contribution < -0.4 is 0 Å². The zero-order valence-corrected chi connectivity index (χ0v) is 20.2. The highest BCUT2D eigenvalue weighted by atomic mass is 19.1. The molecule has 2 N–H and O–H groups in total. The lowest BCUT2D eigenvalue weighted by atomic mass is 10.0. The summed E-state index contributed by atoms with van der Waals surface area (Å²) < 4.78 is 13.5. The number of likely N-dealkylation sites (tertiary alicyclic amines) is 1. The SMILES string of the molecule is Fc1ccc(-c2cccc3[nH]c(-c4n[nH]c5ccc(-c6cncc(CN7CCCC7)c6)nc45)cc23)cc1. The van der Waals surface area contributed by atoms with Crippen molar-refractivity contribution < 1.29 is 4.39 Å². The lowest BCUT2D eigenvalue weighted by molar-refractivity contribution is 0.331. The molecular formula is C30H25FN6. The first-order valence-electron chi connectivity index (χ1n) is 12.6. The molecule has 0 unspecified atom stereocenters. The van der Waals surface area contributed by atoms with Gasteiger partial charge in [-0.25, -0.2) is 9.37 Å². The van der Waals surface area contributed by atoms with Crippen molar-refractivity contribution in [2.24, 2.45) is 0 Å². The molecule has 7 rings (SSSR count). The molecule has 0 spiro atoms. The summed E-state index contributed by atoms with van der Waals surface area (Å²) in [5.41, 5.74) is 9.38. The van der Waals surface area contributed by atoms with Crippen LogP contribution in [0.5, 0.6) is 0 Å². The van der Waals surface area contributed by atoms with E-state index in [0.29, 0.717) is 0 Å². The zero-order chi connectivity index (χ0) is 24.8. The van der Waals surface area contributed by atoms with Crippen LogP contribution in [0.4, 0.5) is 4.39 Å². The molecule has 37 heavy (non-hydrogen) atoms. The van der Waals surface area contributed by atoms with Gasteiger partial charge in [0, 0.05) is 35.4 Å². The Kier molecular flexibility index (Phi) is 5.29. The minimum Gasteiger partial charge on any atom is -0.353 e. The van der Waals surface area contributed by atoms with Gasteiger partial charge in [0.25, 0.3) is 0 Å². The Hall–Kier alpha value is -4.36. The number of aromatic amines is 2. The van der Waals surface area contributed by atoms with Crippen molar-refractivity contribution in [3.63, 3.8) is 0 Å². The quantitative estimate of drug-likeness (QED) is 0.288. The van der Waals surface area contributed by atoms with E-state index in [1.165, 1.54) is 30.5 Å². The molecule has 2 aromatic carbocycles. The maximum Gasteiger partial charge on any atom is 0.135 e. The molecule has 6 aromatic rings. The Morgan fingerprint density at radius 1 is 0.865 bits per heavy atom. The fourth-order valence-corrected chi connectivity index (χ4v) is 5.32. The summed E-state index contributed by atoms with van der Waals surface area (Å²) in [7, 11) is 0. The number of hydrogen-bond donors (Lipinski definition) is 2. The molecule has 182 valence electrons. The van der Waals surface area contributed by atoms with Crippen molar-refractivity contribution in [2.75, 3.05) is 13.1 Å². The minimum absolute atomic E-state index is 0.243. The van der Waals surface area contributed by atoms with Gasteiger partial charge in [-0.3, -0.25) is 15.0 Å². The van der Waals surface area contributed by atoms with Gasteiger partial charge in [0.15, 0.2) is 0 Å². The number of nitrogens with one attached hydrogen (secondary N) is 2. The van der Waals surface area contributed by atoms with E-state index in [-0.39, 0.29) is 5.82 Å². The predicted molar refractivity (Wildman–Crippen MR) is 144 cm³/mol. The smallest absolute Gasteiger partial charge is 0.135 e. The molecule has 0 bridgehead atoms. The molecule has 0 amide bonds. The zero-order valence-electron chi connectivity index (χ0n) is 20.2. The van der Waals surface area contributed by atoms with Crippen LogP contribution in [0.3, 0.4) is 0 Å². The summed E-state index contributed by atoms with van der Waals surface area (Å²) in [6.07, 6.45) is 6.37. The highest BCUT2D eigenvalue weighted by molar-refractivity contribution is 6.00. The molecule has 1 aliphatic heterocycles. The number of H-pyrrole nitrogens is 2. The second kappa shape index (κ2) is 8.94. The molecule has 0 radical (unpaired) electrons. The van der Waals surface area contributed by atoms with Gasteiger partial charge in [-0.05, 0) is 85.1 Å². The third kappa shape index (κ3) is 4.07. The number of fused-ring (bicyclic) bond motifs is 2. The number of nitrogens with zero attached hydrogens (tertiary/aromatic N) is 4. The van der Waals surface area contributed by atoms with E-state index >= 15 is 0 Å². The first kappa shape index (κ1) is 21.9. The maximum absolute atomic E-state index is 13.5. The first-order valence-corrected chi connectivity index (χ1v) is 12.6. The summed E-state index contributed by atoms with van der Waals surface area (Å²) in [5.74, 6) is -0.243. The van der Waals surface area contributed by atoms with E-state index in [1.807, 2.05) is 42.7 Å². The molecule has 1 saturated heterocycles. The number of hydrogen-bond acceptors (Lipinski definition) is 4. The molecular weight excluding hydrogens is 463 g/mol. The van der Waals surface area contributed by atoms with Gasteiger partial charge >= 0.3 is 0 Å². The Bertz CT molecular complexity index is 1730. The molecule has 0 aliphatic carbocycles. The van der Waals surface area contributed by atoms with Crippen LogP contribution in [0.1, 0.15) is 18.4 Å². The summed E-state index contributed by atoms with van der Waals surface area (Å²) in [5, 5.41) is 8.78. The second-order valence-corrected chi connectivity index (χ2v) is 9.69. The second-order valence-electron chi connectivity index (χ2n) is 9.69. The number of halogens is 1. The van der Waals surface area contributed by atoms with Gasteiger partial charge < -0.3 is 4.98 Å². The molecule has 7 heteroatoms. The topological polar surface area (TPSA) is 73.5 Å². The number of benzene rings is 2. The van der Waals surface area contributed by atoms with Gasteiger partial charge in [0.2, 0.25) is 0 Å². The lowest BCUT2D eigenvalue weighted by Crippen LogP contribution is -2.18. The predicted octanol–water partition coefficient (Wildman–Crippen LogP) is 6.57. The van der Waals surface area contributed by atoms with Crippen LogP contribution in [0, 0.1) is 5.82 Å². The number of rotatable bonds is 5. The van der Waals surface area contributed by atoms with E-state index < -0.39 is 0 Å². The normalized spacial score (nSPS) is 14.2. The fourth-order valence-electron chi connectivity index (χ4n) is 5.32. The Balaban J connectivity index is 1.27. The Morgan fingerprint density at radius 2 is 1.73 bits per heavy atom. The largest absolute Gasteiger partial charge is 0.353 e.